The van der Waals surface area contributed by atoms with Gasteiger partial charge in [-0.2, -0.15) is 0 Å². The molecular weight excluding hydrogens is 400 g/mol. The molecule has 0 fully saturated rings. The second-order valence-corrected chi connectivity index (χ2v) is 8.31. The maximum Gasteiger partial charge on any atom is 0.287 e. The largest absolute Gasteiger partial charge is 0.351 e. The van der Waals surface area contributed by atoms with Crippen LogP contribution in [0, 0.1) is 16.0 Å². The van der Waals surface area contributed by atoms with Crippen molar-refractivity contribution in [3.8, 4) is 0 Å². The van der Waals surface area contributed by atoms with Crippen molar-refractivity contribution in [1.29, 1.82) is 0 Å². The summed E-state index contributed by atoms with van der Waals surface area (Å²) in [5.74, 6) is -0.289. The zero-order chi connectivity index (χ0) is 23.1. The highest BCUT2D eigenvalue weighted by Crippen LogP contribution is 2.20. The van der Waals surface area contributed by atoms with E-state index in [4.69, 9.17) is 0 Å². The van der Waals surface area contributed by atoms with Crippen LogP contribution in [0.1, 0.15) is 47.7 Å². The van der Waals surface area contributed by atoms with Gasteiger partial charge in [-0.3, -0.25) is 19.7 Å². The molecule has 0 aliphatic rings. The number of carbonyl (C=O) groups is 2. The molecule has 0 atom stereocenters. The second kappa shape index (κ2) is 10.8. The molecule has 2 amide bonds. The molecule has 2 N–H and O–H groups in total. The number of nitrogens with zero attached hydrogens (tertiary/aromatic N) is 4. The average molecular weight is 433 g/mol. The number of aryl methyl sites for hydroxylation is 2. The van der Waals surface area contributed by atoms with Crippen LogP contribution < -0.4 is 10.6 Å². The smallest absolute Gasteiger partial charge is 0.287 e. The zero-order valence-corrected chi connectivity index (χ0v) is 18.8. The van der Waals surface area contributed by atoms with Crippen molar-refractivity contribution in [2.45, 2.75) is 33.2 Å². The molecule has 2 rings (SSSR count). The van der Waals surface area contributed by atoms with Crippen molar-refractivity contribution in [3.05, 3.63) is 46.0 Å². The Labute approximate surface area is 182 Å². The predicted octanol–water partition coefficient (Wildman–Crippen LogP) is 2.71. The molecule has 0 aromatic carbocycles. The Kier molecular flexibility index (Phi) is 8.38. The van der Waals surface area contributed by atoms with Gasteiger partial charge in [-0.05, 0) is 45.5 Å². The summed E-state index contributed by atoms with van der Waals surface area (Å²) < 4.78 is 3.24. The standard InChI is InChI=1S/C21H32N6O4/c1-15(2)7-10-26-14-17(27(30)31)12-19(26)21(29)23-16-11-18(25(5)13-16)20(28)22-8-6-9-24(3)4/h11-15H,6-10H2,1-5H3,(H,22,28)(H,23,29). The van der Waals surface area contributed by atoms with Crippen LogP contribution in [0.2, 0.25) is 0 Å². The molecule has 0 aliphatic heterocycles. The van der Waals surface area contributed by atoms with Gasteiger partial charge in [0.15, 0.2) is 0 Å². The van der Waals surface area contributed by atoms with Gasteiger partial charge >= 0.3 is 0 Å². The van der Waals surface area contributed by atoms with Crippen molar-refractivity contribution in [1.82, 2.24) is 19.4 Å². The van der Waals surface area contributed by atoms with Gasteiger partial charge in [-0.1, -0.05) is 13.8 Å². The summed E-state index contributed by atoms with van der Waals surface area (Å²) >= 11 is 0. The van der Waals surface area contributed by atoms with E-state index in [0.717, 1.165) is 19.4 Å². The first-order valence-electron chi connectivity index (χ1n) is 10.3. The number of anilines is 1. The van der Waals surface area contributed by atoms with Gasteiger partial charge in [0.25, 0.3) is 17.5 Å². The van der Waals surface area contributed by atoms with E-state index in [2.05, 4.69) is 24.5 Å². The third-order valence-electron chi connectivity index (χ3n) is 4.84. The van der Waals surface area contributed by atoms with E-state index >= 15 is 0 Å². The van der Waals surface area contributed by atoms with Gasteiger partial charge in [-0.25, -0.2) is 0 Å². The molecule has 0 saturated heterocycles. The highest BCUT2D eigenvalue weighted by atomic mass is 16.6. The minimum absolute atomic E-state index is 0.125. The predicted molar refractivity (Wildman–Crippen MR) is 119 cm³/mol. The number of aromatic nitrogens is 2. The summed E-state index contributed by atoms with van der Waals surface area (Å²) in [6.45, 7) is 6.03. The Morgan fingerprint density at radius 1 is 1.16 bits per heavy atom. The summed E-state index contributed by atoms with van der Waals surface area (Å²) in [6.07, 6.45) is 4.64. The first kappa shape index (κ1) is 24.1. The van der Waals surface area contributed by atoms with Crippen LogP contribution in [0.3, 0.4) is 0 Å². The van der Waals surface area contributed by atoms with Crippen LogP contribution in [0.5, 0.6) is 0 Å². The molecule has 2 heterocycles. The van der Waals surface area contributed by atoms with Gasteiger partial charge in [0.05, 0.1) is 16.8 Å². The van der Waals surface area contributed by atoms with Gasteiger partial charge in [0, 0.05) is 32.4 Å². The molecule has 2 aromatic heterocycles. The molecule has 10 heteroatoms. The molecule has 10 nitrogen and oxygen atoms in total. The summed E-state index contributed by atoms with van der Waals surface area (Å²) in [7, 11) is 5.67. The van der Waals surface area contributed by atoms with E-state index in [1.165, 1.54) is 12.3 Å². The number of hydrogen-bond acceptors (Lipinski definition) is 5. The molecule has 0 spiro atoms. The van der Waals surface area contributed by atoms with Crippen molar-refractivity contribution in [2.24, 2.45) is 13.0 Å². The maximum absolute atomic E-state index is 12.8. The van der Waals surface area contributed by atoms with E-state index in [9.17, 15) is 19.7 Å². The third kappa shape index (κ3) is 6.95. The van der Waals surface area contributed by atoms with E-state index in [0.29, 0.717) is 30.4 Å². The Bertz CT molecular complexity index is 928. The molecular formula is C21H32N6O4. The molecule has 0 aliphatic carbocycles. The van der Waals surface area contributed by atoms with E-state index in [-0.39, 0.29) is 17.3 Å². The lowest BCUT2D eigenvalue weighted by atomic mass is 10.1. The Morgan fingerprint density at radius 3 is 2.48 bits per heavy atom. The Hall–Kier alpha value is -3.14. The number of rotatable bonds is 11. The number of amides is 2. The van der Waals surface area contributed by atoms with Crippen molar-refractivity contribution in [2.75, 3.05) is 32.5 Å². The first-order valence-corrected chi connectivity index (χ1v) is 10.3. The molecule has 0 radical (unpaired) electrons. The molecule has 0 bridgehead atoms. The van der Waals surface area contributed by atoms with Gasteiger partial charge < -0.3 is 24.7 Å². The van der Waals surface area contributed by atoms with Crippen LogP contribution >= 0.6 is 0 Å². The highest BCUT2D eigenvalue weighted by Gasteiger charge is 2.21. The SMILES string of the molecule is CC(C)CCn1cc([N+](=O)[O-])cc1C(=O)Nc1cc(C(=O)NCCCN(C)C)n(C)c1. The number of hydrogen-bond donors (Lipinski definition) is 2. The fourth-order valence-corrected chi connectivity index (χ4v) is 3.11. The molecule has 0 unspecified atom stereocenters. The monoisotopic (exact) mass is 432 g/mol. The fourth-order valence-electron chi connectivity index (χ4n) is 3.11. The summed E-state index contributed by atoms with van der Waals surface area (Å²) in [4.78, 5) is 37.9. The van der Waals surface area contributed by atoms with Crippen LogP contribution in [-0.2, 0) is 13.6 Å². The van der Waals surface area contributed by atoms with Gasteiger partial charge in [0.1, 0.15) is 11.4 Å². The van der Waals surface area contributed by atoms with E-state index < -0.39 is 10.8 Å². The Morgan fingerprint density at radius 2 is 1.87 bits per heavy atom. The zero-order valence-electron chi connectivity index (χ0n) is 18.8. The topological polar surface area (TPSA) is 114 Å². The number of nitrogens with one attached hydrogen (secondary N) is 2. The maximum atomic E-state index is 12.8. The highest BCUT2D eigenvalue weighted by molar-refractivity contribution is 6.04. The molecule has 0 saturated carbocycles. The third-order valence-corrected chi connectivity index (χ3v) is 4.84. The average Bonchev–Trinajstić information content (AvgIpc) is 3.27. The van der Waals surface area contributed by atoms with Gasteiger partial charge in [-0.15, -0.1) is 0 Å². The molecule has 2 aromatic rings. The lowest BCUT2D eigenvalue weighted by molar-refractivity contribution is -0.384. The van der Waals surface area contributed by atoms with Crippen LogP contribution in [0.4, 0.5) is 11.4 Å². The number of carbonyl (C=O) groups excluding carboxylic acids is 2. The quantitative estimate of drug-likeness (QED) is 0.322. The summed E-state index contributed by atoms with van der Waals surface area (Å²) in [5, 5.41) is 16.8. The minimum atomic E-state index is -0.510. The minimum Gasteiger partial charge on any atom is -0.351 e. The first-order chi connectivity index (χ1) is 14.6. The van der Waals surface area contributed by atoms with Crippen LogP contribution in [0.25, 0.3) is 0 Å². The normalized spacial score (nSPS) is 11.2. The lowest BCUT2D eigenvalue weighted by Crippen LogP contribution is -2.28. The van der Waals surface area contributed by atoms with Crippen LogP contribution in [0.15, 0.2) is 24.5 Å². The second-order valence-electron chi connectivity index (χ2n) is 8.31. The van der Waals surface area contributed by atoms with Crippen molar-refractivity contribution >= 4 is 23.2 Å². The summed E-state index contributed by atoms with van der Waals surface area (Å²) in [5.41, 5.74) is 0.956. The van der Waals surface area contributed by atoms with Crippen molar-refractivity contribution < 1.29 is 14.5 Å². The molecule has 170 valence electrons. The van der Waals surface area contributed by atoms with Crippen molar-refractivity contribution in [3.63, 3.8) is 0 Å². The van der Waals surface area contributed by atoms with E-state index in [1.54, 1.807) is 28.4 Å². The van der Waals surface area contributed by atoms with Crippen LogP contribution in [-0.4, -0.2) is 58.0 Å². The Balaban J connectivity index is 2.09. The van der Waals surface area contributed by atoms with Gasteiger partial charge in [0.2, 0.25) is 0 Å². The molecule has 31 heavy (non-hydrogen) atoms. The lowest BCUT2D eigenvalue weighted by Gasteiger charge is -2.10. The van der Waals surface area contributed by atoms with E-state index in [1.807, 2.05) is 19.0 Å². The summed E-state index contributed by atoms with van der Waals surface area (Å²) in [6, 6.07) is 2.87. The fraction of sp³-hybridized carbons (Fsp3) is 0.524. The number of nitro groups is 1.